The molecule has 1 heterocycles. The van der Waals surface area contributed by atoms with Crippen molar-refractivity contribution >= 4 is 23.6 Å². The number of nitrogens with zero attached hydrogens (tertiary/aromatic N) is 1. The normalized spacial score (nSPS) is 10.8. The van der Waals surface area contributed by atoms with Crippen molar-refractivity contribution < 1.29 is 18.7 Å². The van der Waals surface area contributed by atoms with Crippen molar-refractivity contribution in [1.82, 2.24) is 10.3 Å². The van der Waals surface area contributed by atoms with E-state index in [0.29, 0.717) is 33.7 Å². The Bertz CT molecular complexity index is 983. The lowest BCUT2D eigenvalue weighted by Crippen LogP contribution is -2.20. The molecular weight excluding hydrogens is 380 g/mol. The Morgan fingerprint density at radius 2 is 2.00 bits per heavy atom. The molecule has 2 aromatic carbocycles. The van der Waals surface area contributed by atoms with Crippen molar-refractivity contribution in [3.63, 3.8) is 0 Å². The molecule has 0 atom stereocenters. The lowest BCUT2D eigenvalue weighted by atomic mass is 10.2. The molecule has 0 aliphatic heterocycles. The molecule has 0 aliphatic rings. The molecule has 1 N–H and O–H groups in total. The van der Waals surface area contributed by atoms with Crippen LogP contribution in [-0.2, 0) is 11.3 Å². The molecule has 1 amide bonds. The van der Waals surface area contributed by atoms with Crippen LogP contribution >= 0.6 is 11.6 Å². The molecule has 3 aromatic rings. The fourth-order valence-electron chi connectivity index (χ4n) is 2.56. The number of benzene rings is 2. The van der Waals surface area contributed by atoms with E-state index in [1.165, 1.54) is 20.3 Å². The maximum absolute atomic E-state index is 12.1. The smallest absolute Gasteiger partial charge is 0.244 e. The predicted molar refractivity (Wildman–Crippen MR) is 107 cm³/mol. The summed E-state index contributed by atoms with van der Waals surface area (Å²) in [5.74, 6) is 1.73. The fraction of sp³-hybridized carbons (Fsp3) is 0.143. The number of hydrogen-bond donors (Lipinski definition) is 1. The highest BCUT2D eigenvalue weighted by molar-refractivity contribution is 6.32. The molecule has 3 rings (SSSR count). The monoisotopic (exact) mass is 398 g/mol. The third kappa shape index (κ3) is 4.72. The van der Waals surface area contributed by atoms with Gasteiger partial charge in [-0.15, -0.1) is 0 Å². The topological polar surface area (TPSA) is 73.6 Å². The van der Waals surface area contributed by atoms with Crippen LogP contribution in [0.1, 0.15) is 11.5 Å². The first-order valence-electron chi connectivity index (χ1n) is 8.48. The first-order valence-corrected chi connectivity index (χ1v) is 8.86. The number of ether oxygens (including phenoxy) is 2. The minimum Gasteiger partial charge on any atom is -0.493 e. The Morgan fingerprint density at radius 3 is 2.71 bits per heavy atom. The Balaban J connectivity index is 1.60. The second kappa shape index (κ2) is 9.10. The number of nitrogens with one attached hydrogen (secondary N) is 1. The van der Waals surface area contributed by atoms with Crippen LogP contribution in [0.15, 0.2) is 59.2 Å². The minimum absolute atomic E-state index is 0.183. The third-order valence-corrected chi connectivity index (χ3v) is 4.19. The summed E-state index contributed by atoms with van der Waals surface area (Å²) in [6.45, 7) is 0.183. The van der Waals surface area contributed by atoms with Crippen LogP contribution < -0.4 is 14.8 Å². The molecule has 0 saturated heterocycles. The summed E-state index contributed by atoms with van der Waals surface area (Å²) in [7, 11) is 3.03. The SMILES string of the molecule is COc1cc(C=CC(=O)NCc2ncc(-c3ccccc3)o2)cc(Cl)c1OC. The Kier molecular flexibility index (Phi) is 6.34. The standard InChI is InChI=1S/C21H19ClN2O4/c1-26-17-11-14(10-16(22)21(17)27-2)8-9-19(25)23-13-20-24-12-18(28-20)15-6-4-3-5-7-15/h3-12H,13H2,1-2H3,(H,23,25). The van der Waals surface area contributed by atoms with Gasteiger partial charge < -0.3 is 19.2 Å². The average molecular weight is 399 g/mol. The molecule has 0 radical (unpaired) electrons. The highest BCUT2D eigenvalue weighted by Gasteiger charge is 2.10. The van der Waals surface area contributed by atoms with Gasteiger partial charge >= 0.3 is 0 Å². The lowest BCUT2D eigenvalue weighted by Gasteiger charge is -2.10. The van der Waals surface area contributed by atoms with Crippen molar-refractivity contribution in [3.8, 4) is 22.8 Å². The first kappa shape index (κ1) is 19.5. The van der Waals surface area contributed by atoms with Crippen molar-refractivity contribution in [2.24, 2.45) is 0 Å². The van der Waals surface area contributed by atoms with Crippen LogP contribution in [-0.4, -0.2) is 25.1 Å². The number of rotatable bonds is 7. The van der Waals surface area contributed by atoms with Gasteiger partial charge in [0.25, 0.3) is 0 Å². The van der Waals surface area contributed by atoms with Crippen molar-refractivity contribution in [3.05, 3.63) is 71.2 Å². The fourth-order valence-corrected chi connectivity index (χ4v) is 2.85. The van der Waals surface area contributed by atoms with Crippen LogP contribution in [0.2, 0.25) is 5.02 Å². The van der Waals surface area contributed by atoms with Crippen LogP contribution in [0, 0.1) is 0 Å². The summed E-state index contributed by atoms with van der Waals surface area (Å²) in [4.78, 5) is 16.3. The molecule has 144 valence electrons. The van der Waals surface area contributed by atoms with Crippen LogP contribution in [0.25, 0.3) is 17.4 Å². The van der Waals surface area contributed by atoms with Gasteiger partial charge in [0.2, 0.25) is 11.8 Å². The van der Waals surface area contributed by atoms with Gasteiger partial charge in [0, 0.05) is 11.6 Å². The van der Waals surface area contributed by atoms with Crippen LogP contribution in [0.4, 0.5) is 0 Å². The molecule has 0 spiro atoms. The zero-order chi connectivity index (χ0) is 19.9. The van der Waals surface area contributed by atoms with E-state index in [-0.39, 0.29) is 12.5 Å². The molecule has 6 nitrogen and oxygen atoms in total. The van der Waals surface area contributed by atoms with Crippen LogP contribution in [0.3, 0.4) is 0 Å². The van der Waals surface area contributed by atoms with Crippen molar-refractivity contribution in [2.75, 3.05) is 14.2 Å². The zero-order valence-corrected chi connectivity index (χ0v) is 16.2. The molecule has 0 unspecified atom stereocenters. The molecule has 0 fully saturated rings. The molecule has 0 saturated carbocycles. The summed E-state index contributed by atoms with van der Waals surface area (Å²) >= 11 is 6.16. The highest BCUT2D eigenvalue weighted by Crippen LogP contribution is 2.36. The Labute approximate surface area is 167 Å². The van der Waals surface area contributed by atoms with Gasteiger partial charge in [0.05, 0.1) is 32.0 Å². The number of aromatic nitrogens is 1. The van der Waals surface area contributed by atoms with Gasteiger partial charge in [0.15, 0.2) is 17.3 Å². The molecule has 0 bridgehead atoms. The summed E-state index contributed by atoms with van der Waals surface area (Å²) in [6, 6.07) is 13.1. The number of methoxy groups -OCH3 is 2. The summed E-state index contributed by atoms with van der Waals surface area (Å²) in [5.41, 5.74) is 1.64. The number of amides is 1. The van der Waals surface area contributed by atoms with E-state index in [1.807, 2.05) is 30.3 Å². The van der Waals surface area contributed by atoms with E-state index in [0.717, 1.165) is 5.56 Å². The molecular formula is C21H19ClN2O4. The second-order valence-electron chi connectivity index (χ2n) is 5.77. The number of carbonyl (C=O) groups excluding carboxylic acids is 1. The average Bonchev–Trinajstić information content (AvgIpc) is 3.20. The van der Waals surface area contributed by atoms with Crippen molar-refractivity contribution in [1.29, 1.82) is 0 Å². The number of halogens is 1. The summed E-state index contributed by atoms with van der Waals surface area (Å²) < 4.78 is 16.1. The maximum Gasteiger partial charge on any atom is 0.244 e. The van der Waals surface area contributed by atoms with Crippen molar-refractivity contribution in [2.45, 2.75) is 6.54 Å². The number of hydrogen-bond acceptors (Lipinski definition) is 5. The number of carbonyl (C=O) groups is 1. The second-order valence-corrected chi connectivity index (χ2v) is 6.18. The number of oxazole rings is 1. The Hall–Kier alpha value is -3.25. The van der Waals surface area contributed by atoms with E-state index in [4.69, 9.17) is 25.5 Å². The molecule has 1 aromatic heterocycles. The minimum atomic E-state index is -0.287. The molecule has 7 heteroatoms. The van der Waals surface area contributed by atoms with E-state index in [1.54, 1.807) is 24.4 Å². The molecule has 0 aliphatic carbocycles. The van der Waals surface area contributed by atoms with Gasteiger partial charge in [-0.05, 0) is 23.8 Å². The van der Waals surface area contributed by atoms with E-state index in [2.05, 4.69) is 10.3 Å². The van der Waals surface area contributed by atoms with Gasteiger partial charge in [0.1, 0.15) is 0 Å². The van der Waals surface area contributed by atoms with Crippen LogP contribution in [0.5, 0.6) is 11.5 Å². The van der Waals surface area contributed by atoms with Gasteiger partial charge in [-0.25, -0.2) is 4.98 Å². The zero-order valence-electron chi connectivity index (χ0n) is 15.4. The van der Waals surface area contributed by atoms with Gasteiger partial charge in [-0.3, -0.25) is 4.79 Å². The Morgan fingerprint density at radius 1 is 1.21 bits per heavy atom. The van der Waals surface area contributed by atoms with E-state index >= 15 is 0 Å². The van der Waals surface area contributed by atoms with Gasteiger partial charge in [-0.2, -0.15) is 0 Å². The quantitative estimate of drug-likeness (QED) is 0.599. The lowest BCUT2D eigenvalue weighted by molar-refractivity contribution is -0.116. The predicted octanol–water partition coefficient (Wildman–Crippen LogP) is 4.34. The molecule has 28 heavy (non-hydrogen) atoms. The third-order valence-electron chi connectivity index (χ3n) is 3.91. The largest absolute Gasteiger partial charge is 0.493 e. The van der Waals surface area contributed by atoms with E-state index < -0.39 is 0 Å². The summed E-state index contributed by atoms with van der Waals surface area (Å²) in [6.07, 6.45) is 4.67. The first-order chi connectivity index (χ1) is 13.6. The van der Waals surface area contributed by atoms with E-state index in [9.17, 15) is 4.79 Å². The maximum atomic E-state index is 12.1. The highest BCUT2D eigenvalue weighted by atomic mass is 35.5. The summed E-state index contributed by atoms with van der Waals surface area (Å²) in [5, 5.41) is 3.13. The van der Waals surface area contributed by atoms with Gasteiger partial charge in [-0.1, -0.05) is 41.9 Å².